The van der Waals surface area contributed by atoms with Crippen molar-refractivity contribution < 1.29 is 4.79 Å². The van der Waals surface area contributed by atoms with Crippen LogP contribution in [0.3, 0.4) is 0 Å². The first kappa shape index (κ1) is 8.27. The van der Waals surface area contributed by atoms with Gasteiger partial charge < -0.3 is 4.90 Å². The molecule has 1 N–H and O–H groups in total. The third-order valence-electron chi connectivity index (χ3n) is 1.71. The lowest BCUT2D eigenvalue weighted by Gasteiger charge is -2.23. The number of hydrogen-bond donors (Lipinski definition) is 1. The highest BCUT2D eigenvalue weighted by Crippen LogP contribution is 1.99. The number of nitrogens with one attached hydrogen (secondary N) is 1. The van der Waals surface area contributed by atoms with E-state index in [1.165, 1.54) is 0 Å². The lowest BCUT2D eigenvalue weighted by atomic mass is 10.3. The Morgan fingerprint density at radius 1 is 1.64 bits per heavy atom. The fraction of sp³-hybridized carbons (Fsp3) is 0.625. The predicted octanol–water partition coefficient (Wildman–Crippen LogP) is 0.340. The first-order chi connectivity index (χ1) is 5.22. The molecule has 0 aromatic rings. The number of amides is 1. The third kappa shape index (κ3) is 2.05. The van der Waals surface area contributed by atoms with Gasteiger partial charge in [0.2, 0.25) is 5.91 Å². The average Bonchev–Trinajstić information content (AvgIpc) is 2.13. The van der Waals surface area contributed by atoms with E-state index >= 15 is 0 Å². The number of carbonyl (C=O) groups excluding carboxylic acids is 1. The van der Waals surface area contributed by atoms with Crippen molar-refractivity contribution in [3.8, 4) is 0 Å². The molecule has 0 aromatic heterocycles. The highest BCUT2D eigenvalue weighted by molar-refractivity contribution is 5.88. The van der Waals surface area contributed by atoms with Gasteiger partial charge in [-0.05, 0) is 13.8 Å². The highest BCUT2D eigenvalue weighted by atomic mass is 16.2. The summed E-state index contributed by atoms with van der Waals surface area (Å²) in [4.78, 5) is 13.0. The van der Waals surface area contributed by atoms with Gasteiger partial charge in [0.25, 0.3) is 0 Å². The van der Waals surface area contributed by atoms with Crippen LogP contribution in [-0.4, -0.2) is 30.1 Å². The van der Waals surface area contributed by atoms with E-state index in [2.05, 4.69) is 5.32 Å². The number of hydrogen-bond acceptors (Lipinski definition) is 2. The molecule has 1 rings (SSSR count). The van der Waals surface area contributed by atoms with Crippen LogP contribution in [0.4, 0.5) is 0 Å². The third-order valence-corrected chi connectivity index (χ3v) is 1.71. The average molecular weight is 154 g/mol. The lowest BCUT2D eigenvalue weighted by Crippen LogP contribution is -2.40. The largest absolute Gasteiger partial charge is 0.324 e. The van der Waals surface area contributed by atoms with E-state index in [1.54, 1.807) is 11.0 Å². The van der Waals surface area contributed by atoms with Gasteiger partial charge in [0.05, 0.1) is 6.67 Å². The maximum absolute atomic E-state index is 11.3. The van der Waals surface area contributed by atoms with Crippen LogP contribution in [0, 0.1) is 0 Å². The van der Waals surface area contributed by atoms with Crippen LogP contribution in [0.1, 0.15) is 13.8 Å². The zero-order valence-electron chi connectivity index (χ0n) is 7.00. The molecule has 11 heavy (non-hydrogen) atoms. The second-order valence-electron chi connectivity index (χ2n) is 2.92. The molecule has 1 amide bonds. The molecule has 0 radical (unpaired) electrons. The molecule has 0 atom stereocenters. The second-order valence-corrected chi connectivity index (χ2v) is 2.92. The Bertz CT molecular complexity index is 175. The minimum Gasteiger partial charge on any atom is -0.324 e. The van der Waals surface area contributed by atoms with Crippen LogP contribution >= 0.6 is 0 Å². The summed E-state index contributed by atoms with van der Waals surface area (Å²) in [6, 6.07) is 0.276. The molecule has 0 fully saturated rings. The quantitative estimate of drug-likeness (QED) is 0.590. The summed E-state index contributed by atoms with van der Waals surface area (Å²) >= 11 is 0. The lowest BCUT2D eigenvalue weighted by molar-refractivity contribution is -0.127. The molecule has 0 saturated heterocycles. The SMILES string of the molecule is CC(C)N1CNCC=CC1=O. The van der Waals surface area contributed by atoms with Gasteiger partial charge in [-0.1, -0.05) is 6.08 Å². The smallest absolute Gasteiger partial charge is 0.247 e. The molecule has 0 bridgehead atoms. The molecule has 0 spiro atoms. The summed E-state index contributed by atoms with van der Waals surface area (Å²) in [6.07, 6.45) is 3.48. The predicted molar refractivity (Wildman–Crippen MR) is 44.0 cm³/mol. The molecule has 1 heterocycles. The normalized spacial score (nSPS) is 19.2. The fourth-order valence-electron chi connectivity index (χ4n) is 1.04. The Labute approximate surface area is 67.1 Å². The van der Waals surface area contributed by atoms with E-state index in [1.807, 2.05) is 19.9 Å². The Morgan fingerprint density at radius 3 is 3.00 bits per heavy atom. The van der Waals surface area contributed by atoms with Crippen LogP contribution in [0.25, 0.3) is 0 Å². The molecule has 3 heteroatoms. The number of rotatable bonds is 1. The first-order valence-electron chi connectivity index (χ1n) is 3.89. The van der Waals surface area contributed by atoms with Gasteiger partial charge in [-0.25, -0.2) is 0 Å². The monoisotopic (exact) mass is 154 g/mol. The molecule has 0 unspecified atom stereocenters. The zero-order valence-corrected chi connectivity index (χ0v) is 7.00. The second kappa shape index (κ2) is 3.53. The molecule has 62 valence electrons. The van der Waals surface area contributed by atoms with Gasteiger partial charge in [0.1, 0.15) is 0 Å². The maximum Gasteiger partial charge on any atom is 0.247 e. The van der Waals surface area contributed by atoms with Gasteiger partial charge in [0.15, 0.2) is 0 Å². The highest BCUT2D eigenvalue weighted by Gasteiger charge is 2.14. The maximum atomic E-state index is 11.3. The van der Waals surface area contributed by atoms with Crippen molar-refractivity contribution in [3.63, 3.8) is 0 Å². The minimum atomic E-state index is 0.102. The van der Waals surface area contributed by atoms with Gasteiger partial charge in [-0.2, -0.15) is 0 Å². The van der Waals surface area contributed by atoms with E-state index in [4.69, 9.17) is 0 Å². The standard InChI is InChI=1S/C8H14N2O/c1-7(2)10-6-9-5-3-4-8(10)11/h3-4,7,9H,5-6H2,1-2H3. The molecule has 3 nitrogen and oxygen atoms in total. The molecule has 0 saturated carbocycles. The van der Waals surface area contributed by atoms with E-state index in [0.717, 1.165) is 6.54 Å². The minimum absolute atomic E-state index is 0.102. The summed E-state index contributed by atoms with van der Waals surface area (Å²) in [5, 5.41) is 3.13. The Balaban J connectivity index is 2.63. The van der Waals surface area contributed by atoms with Crippen molar-refractivity contribution in [2.75, 3.05) is 13.2 Å². The zero-order chi connectivity index (χ0) is 8.27. The Morgan fingerprint density at radius 2 is 2.36 bits per heavy atom. The summed E-state index contributed by atoms with van der Waals surface area (Å²) in [6.45, 7) is 5.47. The molecule has 0 aromatic carbocycles. The van der Waals surface area contributed by atoms with Gasteiger partial charge in [-0.15, -0.1) is 0 Å². The van der Waals surface area contributed by atoms with Crippen molar-refractivity contribution in [1.29, 1.82) is 0 Å². The van der Waals surface area contributed by atoms with Crippen molar-refractivity contribution in [2.45, 2.75) is 19.9 Å². The Kier molecular flexibility index (Phi) is 2.65. The van der Waals surface area contributed by atoms with Crippen molar-refractivity contribution in [1.82, 2.24) is 10.2 Å². The topological polar surface area (TPSA) is 32.3 Å². The van der Waals surface area contributed by atoms with E-state index in [-0.39, 0.29) is 11.9 Å². The van der Waals surface area contributed by atoms with Gasteiger partial charge in [-0.3, -0.25) is 10.1 Å². The van der Waals surface area contributed by atoms with Crippen molar-refractivity contribution >= 4 is 5.91 Å². The fourth-order valence-corrected chi connectivity index (χ4v) is 1.04. The summed E-state index contributed by atoms with van der Waals surface area (Å²) in [7, 11) is 0. The first-order valence-corrected chi connectivity index (χ1v) is 3.89. The van der Waals surface area contributed by atoms with E-state index in [0.29, 0.717) is 6.67 Å². The summed E-state index contributed by atoms with van der Waals surface area (Å²) in [5.74, 6) is 0.102. The van der Waals surface area contributed by atoms with Crippen LogP contribution < -0.4 is 5.32 Å². The molecular formula is C8H14N2O. The van der Waals surface area contributed by atoms with Crippen LogP contribution in [0.15, 0.2) is 12.2 Å². The summed E-state index contributed by atoms with van der Waals surface area (Å²) < 4.78 is 0. The van der Waals surface area contributed by atoms with Crippen molar-refractivity contribution in [3.05, 3.63) is 12.2 Å². The number of nitrogens with zero attached hydrogens (tertiary/aromatic N) is 1. The van der Waals surface area contributed by atoms with E-state index < -0.39 is 0 Å². The molecule has 1 aliphatic rings. The Hall–Kier alpha value is -0.830. The van der Waals surface area contributed by atoms with Crippen LogP contribution in [0.5, 0.6) is 0 Å². The molecular weight excluding hydrogens is 140 g/mol. The van der Waals surface area contributed by atoms with E-state index in [9.17, 15) is 4.79 Å². The molecule has 1 aliphatic heterocycles. The number of carbonyl (C=O) groups is 1. The molecule has 0 aliphatic carbocycles. The van der Waals surface area contributed by atoms with Crippen LogP contribution in [-0.2, 0) is 4.79 Å². The van der Waals surface area contributed by atoms with Gasteiger partial charge in [0, 0.05) is 18.7 Å². The van der Waals surface area contributed by atoms with Crippen molar-refractivity contribution in [2.24, 2.45) is 0 Å². The summed E-state index contributed by atoms with van der Waals surface area (Å²) in [5.41, 5.74) is 0. The van der Waals surface area contributed by atoms with Crippen LogP contribution in [0.2, 0.25) is 0 Å². The van der Waals surface area contributed by atoms with Gasteiger partial charge >= 0.3 is 0 Å².